The average Bonchev–Trinajstić information content (AvgIpc) is 2.64. The normalized spacial score (nSPS) is 16.9. The molecule has 0 fully saturated rings. The lowest BCUT2D eigenvalue weighted by atomic mass is 10.0. The quantitative estimate of drug-likeness (QED) is 0.614. The summed E-state index contributed by atoms with van der Waals surface area (Å²) in [5, 5.41) is 21.8. The lowest BCUT2D eigenvalue weighted by Crippen LogP contribution is -2.41. The van der Waals surface area contributed by atoms with E-state index in [4.69, 9.17) is 15.9 Å². The summed E-state index contributed by atoms with van der Waals surface area (Å²) in [4.78, 5) is 23.2. The summed E-state index contributed by atoms with van der Waals surface area (Å²) >= 11 is 0. The number of nitrogens with two attached hydrogens (primary N) is 1. The highest BCUT2D eigenvalue weighted by atomic mass is 16.4. The molecule has 0 spiro atoms. The predicted octanol–water partition coefficient (Wildman–Crippen LogP) is 0.720. The first-order valence-corrected chi connectivity index (χ1v) is 4.88. The van der Waals surface area contributed by atoms with Crippen molar-refractivity contribution in [2.24, 2.45) is 0 Å². The zero-order valence-corrected chi connectivity index (χ0v) is 9.34. The van der Waals surface area contributed by atoms with E-state index in [1.54, 1.807) is 13.8 Å². The van der Waals surface area contributed by atoms with Crippen LogP contribution in [0.2, 0.25) is 0 Å². The van der Waals surface area contributed by atoms with Gasteiger partial charge in [0.25, 0.3) is 0 Å². The summed E-state index contributed by atoms with van der Waals surface area (Å²) in [6.07, 6.45) is -2.40. The Hall–Kier alpha value is -2.25. The second kappa shape index (κ2) is 3.12. The molecule has 4 N–H and O–H groups in total. The first kappa shape index (κ1) is 11.2. The average molecular weight is 240 g/mol. The van der Waals surface area contributed by atoms with E-state index in [1.807, 2.05) is 0 Å². The predicted molar refractivity (Wildman–Crippen MR) is 56.7 cm³/mol. The highest BCUT2D eigenvalue weighted by Crippen LogP contribution is 2.40. The molecule has 8 nitrogen and oxygen atoms in total. The fourth-order valence-electron chi connectivity index (χ4n) is 2.18. The monoisotopic (exact) mass is 240 g/mol. The van der Waals surface area contributed by atoms with Crippen LogP contribution in [0.1, 0.15) is 25.1 Å². The number of hydrogen-bond acceptors (Lipinski definition) is 4. The number of aromatic nitrogens is 2. The van der Waals surface area contributed by atoms with Crippen molar-refractivity contribution in [3.63, 3.8) is 0 Å². The molecule has 0 atom stereocenters. The van der Waals surface area contributed by atoms with Crippen molar-refractivity contribution < 1.29 is 19.8 Å². The molecule has 0 aromatic carbocycles. The fraction of sp³-hybridized carbons (Fsp3) is 0.444. The molecule has 0 saturated carbocycles. The molecule has 92 valence electrons. The van der Waals surface area contributed by atoms with Crippen LogP contribution in [0.3, 0.4) is 0 Å². The minimum Gasteiger partial charge on any atom is -0.465 e. The summed E-state index contributed by atoms with van der Waals surface area (Å²) in [6, 6.07) is 0. The molecule has 1 aliphatic heterocycles. The molecule has 0 unspecified atom stereocenters. The van der Waals surface area contributed by atoms with Gasteiger partial charge in [0, 0.05) is 5.56 Å². The lowest BCUT2D eigenvalue weighted by Gasteiger charge is -2.29. The van der Waals surface area contributed by atoms with Gasteiger partial charge in [-0.1, -0.05) is 0 Å². The number of nitrogen functional groups attached to an aromatic ring is 1. The van der Waals surface area contributed by atoms with E-state index in [0.717, 1.165) is 9.58 Å². The maximum Gasteiger partial charge on any atom is 0.432 e. The molecule has 8 heteroatoms. The highest BCUT2D eigenvalue weighted by Gasteiger charge is 2.46. The Morgan fingerprint density at radius 2 is 1.94 bits per heavy atom. The third kappa shape index (κ3) is 1.33. The number of carboxylic acid groups (broad SMARTS) is 2. The van der Waals surface area contributed by atoms with Gasteiger partial charge in [0.15, 0.2) is 5.82 Å². The van der Waals surface area contributed by atoms with Crippen LogP contribution in [0, 0.1) is 0 Å². The number of carbonyl (C=O) groups is 2. The van der Waals surface area contributed by atoms with Gasteiger partial charge >= 0.3 is 12.2 Å². The van der Waals surface area contributed by atoms with Gasteiger partial charge in [-0.25, -0.2) is 9.59 Å². The van der Waals surface area contributed by atoms with Crippen LogP contribution in [-0.2, 0) is 12.1 Å². The van der Waals surface area contributed by atoms with Crippen LogP contribution in [0.5, 0.6) is 0 Å². The molecular formula is C9H12N4O4. The third-order valence-corrected chi connectivity index (χ3v) is 3.00. The smallest absolute Gasteiger partial charge is 0.432 e. The Labute approximate surface area is 96.2 Å². The Balaban J connectivity index is 2.64. The van der Waals surface area contributed by atoms with Gasteiger partial charge in [-0.3, -0.25) is 4.90 Å². The fourth-order valence-corrected chi connectivity index (χ4v) is 2.18. The van der Waals surface area contributed by atoms with E-state index in [2.05, 4.69) is 5.10 Å². The Kier molecular flexibility index (Phi) is 2.07. The van der Waals surface area contributed by atoms with Gasteiger partial charge in [-0.05, 0) is 13.8 Å². The van der Waals surface area contributed by atoms with E-state index < -0.39 is 17.7 Å². The number of amides is 1. The van der Waals surface area contributed by atoms with E-state index in [1.165, 1.54) is 0 Å². The summed E-state index contributed by atoms with van der Waals surface area (Å²) < 4.78 is 0.744. The minimum absolute atomic E-state index is 0.0524. The first-order valence-electron chi connectivity index (χ1n) is 4.88. The molecule has 1 amide bonds. The highest BCUT2D eigenvalue weighted by molar-refractivity contribution is 5.74. The Morgan fingerprint density at radius 1 is 1.35 bits per heavy atom. The molecule has 1 aromatic heterocycles. The van der Waals surface area contributed by atoms with Crippen molar-refractivity contribution in [3.8, 4) is 0 Å². The summed E-state index contributed by atoms with van der Waals surface area (Å²) in [7, 11) is 0. The van der Waals surface area contributed by atoms with E-state index >= 15 is 0 Å². The van der Waals surface area contributed by atoms with Gasteiger partial charge in [0.2, 0.25) is 0 Å². The molecule has 0 saturated heterocycles. The summed E-state index contributed by atoms with van der Waals surface area (Å²) in [6.45, 7) is 3.29. The van der Waals surface area contributed by atoms with Crippen LogP contribution >= 0.6 is 0 Å². The van der Waals surface area contributed by atoms with Crippen molar-refractivity contribution in [3.05, 3.63) is 11.3 Å². The maximum absolute atomic E-state index is 11.1. The Morgan fingerprint density at radius 3 is 2.41 bits per heavy atom. The SMILES string of the molecule is CC1(C)c2c(c(N)nn2C(=O)O)CN1C(=O)O. The molecular weight excluding hydrogens is 228 g/mol. The second-order valence-electron chi connectivity index (χ2n) is 4.33. The molecule has 1 aromatic rings. The molecule has 1 aliphatic rings. The third-order valence-electron chi connectivity index (χ3n) is 3.00. The van der Waals surface area contributed by atoms with Crippen molar-refractivity contribution in [2.75, 3.05) is 5.73 Å². The summed E-state index contributed by atoms with van der Waals surface area (Å²) in [5.74, 6) is 0.0548. The van der Waals surface area contributed by atoms with E-state index in [0.29, 0.717) is 11.3 Å². The Bertz CT molecular complexity index is 519. The van der Waals surface area contributed by atoms with Crippen LogP contribution in [0.15, 0.2) is 0 Å². The van der Waals surface area contributed by atoms with Gasteiger partial charge in [0.05, 0.1) is 17.8 Å². The molecule has 2 rings (SSSR count). The van der Waals surface area contributed by atoms with Gasteiger partial charge in [0.1, 0.15) is 0 Å². The number of nitrogens with zero attached hydrogens (tertiary/aromatic N) is 3. The van der Waals surface area contributed by atoms with Crippen LogP contribution < -0.4 is 5.73 Å². The largest absolute Gasteiger partial charge is 0.465 e. The second-order valence-corrected chi connectivity index (χ2v) is 4.33. The van der Waals surface area contributed by atoms with Crippen molar-refractivity contribution >= 4 is 18.0 Å². The van der Waals surface area contributed by atoms with Crippen molar-refractivity contribution in [1.82, 2.24) is 14.7 Å². The minimum atomic E-state index is -1.28. The van der Waals surface area contributed by atoms with Gasteiger partial charge < -0.3 is 15.9 Å². The van der Waals surface area contributed by atoms with Crippen LogP contribution in [0.4, 0.5) is 15.4 Å². The molecule has 0 radical (unpaired) electrons. The zero-order chi connectivity index (χ0) is 13.0. The summed E-state index contributed by atoms with van der Waals surface area (Å²) in [5.41, 5.74) is 5.40. The van der Waals surface area contributed by atoms with Crippen LogP contribution in [0.25, 0.3) is 0 Å². The van der Waals surface area contributed by atoms with Crippen molar-refractivity contribution in [2.45, 2.75) is 25.9 Å². The maximum atomic E-state index is 11.1. The number of hydrogen-bond donors (Lipinski definition) is 3. The molecule has 2 heterocycles. The van der Waals surface area contributed by atoms with Crippen molar-refractivity contribution in [1.29, 1.82) is 0 Å². The first-order chi connectivity index (χ1) is 7.76. The zero-order valence-electron chi connectivity index (χ0n) is 9.34. The lowest BCUT2D eigenvalue weighted by molar-refractivity contribution is 0.0955. The standard InChI is InChI=1S/C9H12N4O4/c1-9(2)5-4(3-12(9)7(14)15)6(10)11-13(5)8(16)17/h3H2,1-2H3,(H2,10,11)(H,14,15)(H,16,17). The topological polar surface area (TPSA) is 122 Å². The van der Waals surface area contributed by atoms with E-state index in [9.17, 15) is 9.59 Å². The number of rotatable bonds is 0. The molecule has 0 bridgehead atoms. The number of fused-ring (bicyclic) bond motifs is 1. The molecule has 0 aliphatic carbocycles. The van der Waals surface area contributed by atoms with Crippen LogP contribution in [-0.4, -0.2) is 37.1 Å². The molecule has 17 heavy (non-hydrogen) atoms. The van der Waals surface area contributed by atoms with Gasteiger partial charge in [-0.2, -0.15) is 4.68 Å². The number of anilines is 1. The van der Waals surface area contributed by atoms with Gasteiger partial charge in [-0.15, -0.1) is 5.10 Å². The van der Waals surface area contributed by atoms with E-state index in [-0.39, 0.29) is 12.4 Å².